The normalized spacial score (nSPS) is 15.0. The van der Waals surface area contributed by atoms with E-state index in [2.05, 4.69) is 20.2 Å². The lowest BCUT2D eigenvalue weighted by molar-refractivity contribution is -0.122. The molecular weight excluding hydrogens is 349 g/mol. The van der Waals surface area contributed by atoms with Crippen molar-refractivity contribution in [1.29, 1.82) is 0 Å². The van der Waals surface area contributed by atoms with E-state index in [4.69, 9.17) is 5.73 Å². The summed E-state index contributed by atoms with van der Waals surface area (Å²) in [4.78, 5) is 23.4. The number of amides is 1. The van der Waals surface area contributed by atoms with Crippen molar-refractivity contribution < 1.29 is 14.3 Å². The number of hydrogen-bond donors (Lipinski definition) is 3. The summed E-state index contributed by atoms with van der Waals surface area (Å²) in [5.41, 5.74) is 8.04. The molecule has 0 spiro atoms. The number of aromatic nitrogens is 2. The van der Waals surface area contributed by atoms with E-state index >= 15 is 0 Å². The third-order valence-electron chi connectivity index (χ3n) is 4.53. The minimum absolute atomic E-state index is 0.171. The molecule has 0 saturated carbocycles. The van der Waals surface area contributed by atoms with Gasteiger partial charge in [-0.15, -0.1) is 0 Å². The van der Waals surface area contributed by atoms with Crippen molar-refractivity contribution in [3.05, 3.63) is 47.0 Å². The second-order valence-corrected chi connectivity index (χ2v) is 6.81. The molecule has 7 nitrogen and oxygen atoms in total. The lowest BCUT2D eigenvalue weighted by Gasteiger charge is -2.17. The summed E-state index contributed by atoms with van der Waals surface area (Å²) < 4.78 is 13.4. The van der Waals surface area contributed by atoms with Crippen molar-refractivity contribution in [2.24, 2.45) is 5.73 Å². The molecule has 1 aliphatic rings. The Morgan fingerprint density at radius 3 is 2.78 bits per heavy atom. The van der Waals surface area contributed by atoms with E-state index in [9.17, 15) is 14.3 Å². The maximum atomic E-state index is 13.4. The van der Waals surface area contributed by atoms with Crippen molar-refractivity contribution in [3.8, 4) is 5.75 Å². The van der Waals surface area contributed by atoms with Crippen LogP contribution in [0.25, 0.3) is 0 Å². The number of carbonyl (C=O) groups is 1. The van der Waals surface area contributed by atoms with E-state index in [1.807, 2.05) is 13.0 Å². The number of hydrogen-bond acceptors (Lipinski definition) is 6. The molecule has 4 N–H and O–H groups in total. The first-order chi connectivity index (χ1) is 12.9. The van der Waals surface area contributed by atoms with Gasteiger partial charge in [0.2, 0.25) is 11.9 Å². The molecule has 2 aromatic rings. The maximum absolute atomic E-state index is 13.4. The fourth-order valence-electron chi connectivity index (χ4n) is 3.10. The van der Waals surface area contributed by atoms with Gasteiger partial charge in [0.05, 0.1) is 18.3 Å². The molecule has 1 unspecified atom stereocenters. The fraction of sp³-hybridized carbons (Fsp3) is 0.421. The molecule has 0 radical (unpaired) electrons. The topological polar surface area (TPSA) is 104 Å². The first kappa shape index (κ1) is 19.0. The Morgan fingerprint density at radius 1 is 1.33 bits per heavy atom. The second kappa shape index (κ2) is 8.30. The van der Waals surface area contributed by atoms with Crippen LogP contribution in [-0.2, 0) is 17.8 Å². The van der Waals surface area contributed by atoms with Crippen LogP contribution in [0, 0.1) is 12.7 Å². The standard InChI is InChI=1S/C19H24FN5O2/c1-12-8-14(24-19(23-12)25-6-2-3-7-25)11-22-18(27)16(21)10-13-4-5-17(26)15(20)9-13/h4-5,8-9,16,26H,2-3,6-7,10-11,21H2,1H3,(H,22,27). The molecule has 1 aromatic carbocycles. The number of aryl methyl sites for hydroxylation is 1. The van der Waals surface area contributed by atoms with Crippen molar-refractivity contribution in [3.63, 3.8) is 0 Å². The van der Waals surface area contributed by atoms with Gasteiger partial charge < -0.3 is 21.1 Å². The highest BCUT2D eigenvalue weighted by atomic mass is 19.1. The Labute approximate surface area is 157 Å². The van der Waals surface area contributed by atoms with Gasteiger partial charge in [0, 0.05) is 18.8 Å². The third kappa shape index (κ3) is 4.91. The fourth-order valence-corrected chi connectivity index (χ4v) is 3.10. The number of rotatable bonds is 6. The van der Waals surface area contributed by atoms with Gasteiger partial charge in [0.15, 0.2) is 11.6 Å². The second-order valence-electron chi connectivity index (χ2n) is 6.81. The quantitative estimate of drug-likeness (QED) is 0.707. The Hall–Kier alpha value is -2.74. The maximum Gasteiger partial charge on any atom is 0.237 e. The van der Waals surface area contributed by atoms with Crippen LogP contribution < -0.4 is 16.0 Å². The van der Waals surface area contributed by atoms with E-state index in [1.54, 1.807) is 6.07 Å². The smallest absolute Gasteiger partial charge is 0.237 e. The van der Waals surface area contributed by atoms with Crippen molar-refractivity contribution in [2.75, 3.05) is 18.0 Å². The van der Waals surface area contributed by atoms with Crippen LogP contribution in [0.4, 0.5) is 10.3 Å². The van der Waals surface area contributed by atoms with E-state index in [0.29, 0.717) is 11.5 Å². The van der Waals surface area contributed by atoms with Crippen LogP contribution >= 0.6 is 0 Å². The summed E-state index contributed by atoms with van der Waals surface area (Å²) in [7, 11) is 0. The third-order valence-corrected chi connectivity index (χ3v) is 4.53. The number of benzene rings is 1. The minimum atomic E-state index is -0.824. The summed E-state index contributed by atoms with van der Waals surface area (Å²) in [6.45, 7) is 4.05. The number of phenols is 1. The van der Waals surface area contributed by atoms with Gasteiger partial charge in [-0.1, -0.05) is 6.07 Å². The van der Waals surface area contributed by atoms with Crippen LogP contribution in [0.5, 0.6) is 5.75 Å². The molecule has 1 aromatic heterocycles. The predicted octanol–water partition coefficient (Wildman–Crippen LogP) is 1.42. The van der Waals surface area contributed by atoms with Crippen molar-refractivity contribution in [1.82, 2.24) is 15.3 Å². The monoisotopic (exact) mass is 373 g/mol. The summed E-state index contributed by atoms with van der Waals surface area (Å²) >= 11 is 0. The highest BCUT2D eigenvalue weighted by molar-refractivity contribution is 5.81. The molecule has 2 heterocycles. The van der Waals surface area contributed by atoms with E-state index in [0.717, 1.165) is 37.3 Å². The number of nitrogens with one attached hydrogen (secondary N) is 1. The number of nitrogens with zero attached hydrogens (tertiary/aromatic N) is 3. The first-order valence-electron chi connectivity index (χ1n) is 9.02. The number of nitrogens with two attached hydrogens (primary N) is 1. The molecule has 1 aliphatic heterocycles. The number of phenolic OH excluding ortho intramolecular Hbond substituents is 1. The lowest BCUT2D eigenvalue weighted by Crippen LogP contribution is -2.41. The number of halogens is 1. The zero-order chi connectivity index (χ0) is 19.4. The highest BCUT2D eigenvalue weighted by Gasteiger charge is 2.18. The van der Waals surface area contributed by atoms with Crippen LogP contribution in [0.15, 0.2) is 24.3 Å². The molecule has 0 bridgehead atoms. The zero-order valence-electron chi connectivity index (χ0n) is 15.3. The molecule has 144 valence electrons. The van der Waals surface area contributed by atoms with Crippen LogP contribution in [0.3, 0.4) is 0 Å². The molecule has 0 aliphatic carbocycles. The van der Waals surface area contributed by atoms with Gasteiger partial charge in [0.1, 0.15) is 0 Å². The predicted molar refractivity (Wildman–Crippen MR) is 99.8 cm³/mol. The number of carbonyl (C=O) groups excluding carboxylic acids is 1. The van der Waals surface area contributed by atoms with Gasteiger partial charge >= 0.3 is 0 Å². The molecular formula is C19H24FN5O2. The van der Waals surface area contributed by atoms with Crippen LogP contribution in [0.1, 0.15) is 29.8 Å². The molecule has 1 saturated heterocycles. The van der Waals surface area contributed by atoms with Gasteiger partial charge in [0.25, 0.3) is 0 Å². The largest absolute Gasteiger partial charge is 0.505 e. The molecule has 3 rings (SSSR count). The minimum Gasteiger partial charge on any atom is -0.505 e. The zero-order valence-corrected chi connectivity index (χ0v) is 15.3. The Kier molecular flexibility index (Phi) is 5.85. The Morgan fingerprint density at radius 2 is 2.07 bits per heavy atom. The van der Waals surface area contributed by atoms with Gasteiger partial charge in [-0.3, -0.25) is 4.79 Å². The number of aromatic hydroxyl groups is 1. The molecule has 1 amide bonds. The van der Waals surface area contributed by atoms with E-state index in [-0.39, 0.29) is 18.9 Å². The Bertz CT molecular complexity index is 824. The lowest BCUT2D eigenvalue weighted by atomic mass is 10.1. The van der Waals surface area contributed by atoms with Crippen LogP contribution in [-0.4, -0.2) is 40.1 Å². The number of anilines is 1. The van der Waals surface area contributed by atoms with Gasteiger partial charge in [-0.05, 0) is 49.9 Å². The molecule has 1 atom stereocenters. The van der Waals surface area contributed by atoms with Crippen molar-refractivity contribution in [2.45, 2.75) is 38.8 Å². The summed E-state index contributed by atoms with van der Waals surface area (Å²) in [5, 5.41) is 12.0. The van der Waals surface area contributed by atoms with Gasteiger partial charge in [-0.2, -0.15) is 0 Å². The summed E-state index contributed by atoms with van der Waals surface area (Å²) in [6.07, 6.45) is 2.44. The summed E-state index contributed by atoms with van der Waals surface area (Å²) in [6, 6.07) is 4.98. The first-order valence-corrected chi connectivity index (χ1v) is 9.02. The SMILES string of the molecule is Cc1cc(CNC(=O)C(N)Cc2ccc(O)c(F)c2)nc(N2CCCC2)n1. The van der Waals surface area contributed by atoms with Crippen LogP contribution in [0.2, 0.25) is 0 Å². The average Bonchev–Trinajstić information content (AvgIpc) is 3.17. The van der Waals surface area contributed by atoms with Crippen molar-refractivity contribution >= 4 is 11.9 Å². The molecule has 1 fully saturated rings. The van der Waals surface area contributed by atoms with E-state index in [1.165, 1.54) is 12.1 Å². The average molecular weight is 373 g/mol. The molecule has 27 heavy (non-hydrogen) atoms. The Balaban J connectivity index is 1.58. The molecule has 8 heteroatoms. The highest BCUT2D eigenvalue weighted by Crippen LogP contribution is 2.18. The summed E-state index contributed by atoms with van der Waals surface area (Å²) in [5.74, 6) is -0.807. The van der Waals surface area contributed by atoms with Gasteiger partial charge in [-0.25, -0.2) is 14.4 Å². The van der Waals surface area contributed by atoms with E-state index < -0.39 is 17.6 Å².